The number of aromatic nitrogens is 2. The molecule has 3 atom stereocenters. The molecule has 1 unspecified atom stereocenters. The second-order valence-electron chi connectivity index (χ2n) is 9.76. The van der Waals surface area contributed by atoms with E-state index >= 15 is 0 Å². The summed E-state index contributed by atoms with van der Waals surface area (Å²) in [5.41, 5.74) is 1.87. The highest BCUT2D eigenvalue weighted by atomic mass is 19.3. The summed E-state index contributed by atoms with van der Waals surface area (Å²) in [6, 6.07) is 5.01. The summed E-state index contributed by atoms with van der Waals surface area (Å²) >= 11 is 0. The Labute approximate surface area is 184 Å². The van der Waals surface area contributed by atoms with Gasteiger partial charge in [-0.25, -0.2) is 0 Å². The number of fused-ring (bicyclic) bond motifs is 1. The minimum atomic E-state index is -2.84. The van der Waals surface area contributed by atoms with E-state index in [1.54, 1.807) is 18.2 Å². The van der Waals surface area contributed by atoms with Crippen LogP contribution in [0, 0.1) is 11.3 Å². The highest BCUT2D eigenvalue weighted by molar-refractivity contribution is 5.99. The topological polar surface area (TPSA) is 88.3 Å². The minimum Gasteiger partial charge on any atom is -0.415 e. The van der Waals surface area contributed by atoms with Gasteiger partial charge < -0.3 is 14.6 Å². The molecule has 32 heavy (non-hydrogen) atoms. The van der Waals surface area contributed by atoms with Gasteiger partial charge in [0.15, 0.2) is 0 Å². The molecule has 2 saturated carbocycles. The zero-order valence-corrected chi connectivity index (χ0v) is 18.1. The smallest absolute Gasteiger partial charge is 0.314 e. The van der Waals surface area contributed by atoms with Crippen LogP contribution in [0.15, 0.2) is 22.6 Å². The molecule has 2 heterocycles. The molecule has 170 valence electrons. The van der Waals surface area contributed by atoms with Crippen LogP contribution in [-0.2, 0) is 11.3 Å². The molecule has 0 radical (unpaired) electrons. The van der Waals surface area contributed by atoms with Gasteiger partial charge in [0.05, 0.1) is 6.04 Å². The van der Waals surface area contributed by atoms with E-state index in [-0.39, 0.29) is 41.1 Å². The molecule has 2 aliphatic carbocycles. The number of halogens is 2. The predicted molar refractivity (Wildman–Crippen MR) is 111 cm³/mol. The van der Waals surface area contributed by atoms with Crippen LogP contribution in [0.5, 0.6) is 0 Å². The van der Waals surface area contributed by atoms with E-state index in [2.05, 4.69) is 29.4 Å². The third-order valence-corrected chi connectivity index (χ3v) is 7.10. The Hall–Kier alpha value is -2.84. The van der Waals surface area contributed by atoms with Gasteiger partial charge in [-0.1, -0.05) is 32.8 Å². The summed E-state index contributed by atoms with van der Waals surface area (Å²) in [4.78, 5) is 27.9. The number of nitrogens with zero attached hydrogens (tertiary/aromatic N) is 3. The van der Waals surface area contributed by atoms with Gasteiger partial charge in [-0.15, -0.1) is 10.2 Å². The zero-order valence-electron chi connectivity index (χ0n) is 18.1. The van der Waals surface area contributed by atoms with Crippen molar-refractivity contribution < 1.29 is 22.8 Å². The second kappa shape index (κ2) is 7.64. The summed E-state index contributed by atoms with van der Waals surface area (Å²) in [7, 11) is 0. The van der Waals surface area contributed by atoms with Crippen molar-refractivity contribution >= 4 is 11.8 Å². The van der Waals surface area contributed by atoms with Crippen molar-refractivity contribution in [2.75, 3.05) is 0 Å². The Bertz CT molecular complexity index is 1070. The van der Waals surface area contributed by atoms with Crippen molar-refractivity contribution in [2.45, 2.75) is 71.0 Å². The molecule has 1 N–H and O–H groups in total. The van der Waals surface area contributed by atoms with Crippen LogP contribution in [0.2, 0.25) is 0 Å². The molecule has 7 nitrogen and oxygen atoms in total. The fourth-order valence-corrected chi connectivity index (χ4v) is 5.01. The molecule has 5 rings (SSSR count). The van der Waals surface area contributed by atoms with Crippen molar-refractivity contribution in [3.8, 4) is 11.5 Å². The lowest BCUT2D eigenvalue weighted by Gasteiger charge is -2.38. The van der Waals surface area contributed by atoms with Crippen LogP contribution in [-0.4, -0.2) is 39.0 Å². The Morgan fingerprint density at radius 2 is 2.00 bits per heavy atom. The van der Waals surface area contributed by atoms with Gasteiger partial charge in [0.1, 0.15) is 0 Å². The maximum Gasteiger partial charge on any atom is 0.314 e. The van der Waals surface area contributed by atoms with Gasteiger partial charge in [-0.2, -0.15) is 8.78 Å². The van der Waals surface area contributed by atoms with Crippen molar-refractivity contribution in [3.63, 3.8) is 0 Å². The van der Waals surface area contributed by atoms with Crippen LogP contribution < -0.4 is 5.32 Å². The Morgan fingerprint density at radius 1 is 1.25 bits per heavy atom. The molecule has 1 aliphatic heterocycles. The highest BCUT2D eigenvalue weighted by Crippen LogP contribution is 2.51. The fourth-order valence-electron chi connectivity index (χ4n) is 5.01. The van der Waals surface area contributed by atoms with E-state index in [1.807, 2.05) is 4.90 Å². The summed E-state index contributed by atoms with van der Waals surface area (Å²) in [5, 5.41) is 10.3. The molecule has 2 amide bonds. The van der Waals surface area contributed by atoms with Crippen molar-refractivity contribution in [3.05, 3.63) is 35.2 Å². The standard InChI is InChI=1S/C23H26F2N4O3/c1-23(2)10-15(23)19(30)26-16-5-3-4-6-17(16)29-11-13-8-7-12(9-14(13)22(29)31)20-27-28-21(32-20)18(24)25/h7-9,15-18H,3-6,10-11H2,1-2H3,(H,26,30)/t15?,16-,17-/m1/s1. The van der Waals surface area contributed by atoms with E-state index in [4.69, 9.17) is 4.42 Å². The van der Waals surface area contributed by atoms with Gasteiger partial charge >= 0.3 is 6.43 Å². The molecular formula is C23H26F2N4O3. The quantitative estimate of drug-likeness (QED) is 0.750. The number of carbonyl (C=O) groups excluding carboxylic acids is 2. The zero-order chi connectivity index (χ0) is 22.6. The summed E-state index contributed by atoms with van der Waals surface area (Å²) in [6.07, 6.45) is 1.78. The molecule has 9 heteroatoms. The van der Waals surface area contributed by atoms with E-state index < -0.39 is 12.3 Å². The normalized spacial score (nSPS) is 26.3. The molecule has 2 aromatic rings. The number of carbonyl (C=O) groups is 2. The van der Waals surface area contributed by atoms with E-state index in [0.717, 1.165) is 37.7 Å². The Morgan fingerprint density at radius 3 is 2.69 bits per heavy atom. The minimum absolute atomic E-state index is 0.0378. The highest BCUT2D eigenvalue weighted by Gasteiger charge is 2.51. The van der Waals surface area contributed by atoms with Crippen LogP contribution in [0.25, 0.3) is 11.5 Å². The lowest BCUT2D eigenvalue weighted by atomic mass is 9.89. The number of hydrogen-bond acceptors (Lipinski definition) is 5. The van der Waals surface area contributed by atoms with Crippen LogP contribution in [0.3, 0.4) is 0 Å². The number of benzene rings is 1. The summed E-state index contributed by atoms with van der Waals surface area (Å²) in [6.45, 7) is 4.66. The Kier molecular flexibility index (Phi) is 5.02. The number of hydrogen-bond donors (Lipinski definition) is 1. The molecule has 1 aromatic heterocycles. The van der Waals surface area contributed by atoms with E-state index in [9.17, 15) is 18.4 Å². The van der Waals surface area contributed by atoms with Crippen molar-refractivity contribution in [1.82, 2.24) is 20.4 Å². The van der Waals surface area contributed by atoms with Gasteiger partial charge in [-0.05, 0) is 42.4 Å². The second-order valence-corrected chi connectivity index (χ2v) is 9.76. The lowest BCUT2D eigenvalue weighted by Crippen LogP contribution is -2.53. The first-order valence-electron chi connectivity index (χ1n) is 11.1. The van der Waals surface area contributed by atoms with Crippen LogP contribution in [0.1, 0.15) is 74.2 Å². The molecule has 0 spiro atoms. The first-order chi connectivity index (χ1) is 15.2. The number of amides is 2. The van der Waals surface area contributed by atoms with Crippen LogP contribution in [0.4, 0.5) is 8.78 Å². The average molecular weight is 444 g/mol. The third-order valence-electron chi connectivity index (χ3n) is 7.10. The number of alkyl halides is 2. The fraction of sp³-hybridized carbons (Fsp3) is 0.565. The number of nitrogens with one attached hydrogen (secondary N) is 1. The van der Waals surface area contributed by atoms with Crippen LogP contribution >= 0.6 is 0 Å². The maximum atomic E-state index is 13.3. The monoisotopic (exact) mass is 444 g/mol. The SMILES string of the molecule is CC1(C)CC1C(=O)N[C@@H]1CCCC[C@H]1N1Cc2ccc(-c3nnc(C(F)F)o3)cc2C1=O. The molecule has 0 bridgehead atoms. The van der Waals surface area contributed by atoms with Crippen molar-refractivity contribution in [2.24, 2.45) is 11.3 Å². The molecule has 0 saturated heterocycles. The lowest BCUT2D eigenvalue weighted by molar-refractivity contribution is -0.124. The van der Waals surface area contributed by atoms with Gasteiger partial charge in [0, 0.05) is 29.6 Å². The largest absolute Gasteiger partial charge is 0.415 e. The molecular weight excluding hydrogens is 418 g/mol. The van der Waals surface area contributed by atoms with Gasteiger partial charge in [0.2, 0.25) is 11.8 Å². The Balaban J connectivity index is 1.34. The summed E-state index contributed by atoms with van der Waals surface area (Å²) in [5.74, 6) is -0.762. The van der Waals surface area contributed by atoms with Gasteiger partial charge in [-0.3, -0.25) is 9.59 Å². The van der Waals surface area contributed by atoms with E-state index in [1.165, 1.54) is 0 Å². The maximum absolute atomic E-state index is 13.3. The summed E-state index contributed by atoms with van der Waals surface area (Å²) < 4.78 is 30.6. The average Bonchev–Trinajstić information content (AvgIpc) is 3.09. The predicted octanol–water partition coefficient (Wildman–Crippen LogP) is 4.10. The third kappa shape index (κ3) is 3.67. The first-order valence-corrected chi connectivity index (χ1v) is 11.1. The first kappa shape index (κ1) is 21.0. The molecule has 2 fully saturated rings. The molecule has 1 aromatic carbocycles. The van der Waals surface area contributed by atoms with E-state index in [0.29, 0.717) is 17.7 Å². The van der Waals surface area contributed by atoms with Crippen molar-refractivity contribution in [1.29, 1.82) is 0 Å². The van der Waals surface area contributed by atoms with Gasteiger partial charge in [0.25, 0.3) is 11.8 Å². The molecule has 3 aliphatic rings. The number of rotatable bonds is 5.